The van der Waals surface area contributed by atoms with E-state index >= 15 is 0 Å². The number of carbonyl (C=O) groups excluding carboxylic acids is 1. The van der Waals surface area contributed by atoms with E-state index in [4.69, 9.17) is 9.47 Å². The van der Waals surface area contributed by atoms with Gasteiger partial charge in [0.2, 0.25) is 6.10 Å². The monoisotopic (exact) mass is 325 g/mol. The number of para-hydroxylation sites is 2. The molecule has 3 unspecified atom stereocenters. The van der Waals surface area contributed by atoms with Crippen molar-refractivity contribution in [3.63, 3.8) is 0 Å². The first-order chi connectivity index (χ1) is 10.4. The van der Waals surface area contributed by atoms with Crippen molar-refractivity contribution in [3.8, 4) is 11.5 Å². The van der Waals surface area contributed by atoms with Gasteiger partial charge in [-0.1, -0.05) is 12.1 Å². The van der Waals surface area contributed by atoms with Gasteiger partial charge in [0.05, 0.1) is 11.5 Å². The summed E-state index contributed by atoms with van der Waals surface area (Å²) in [5.41, 5.74) is 0. The lowest BCUT2D eigenvalue weighted by Gasteiger charge is -2.34. The summed E-state index contributed by atoms with van der Waals surface area (Å²) >= 11 is 0. The number of rotatable bonds is 2. The van der Waals surface area contributed by atoms with Crippen LogP contribution in [0.2, 0.25) is 0 Å². The zero-order chi connectivity index (χ0) is 15.9. The Morgan fingerprint density at radius 1 is 1.23 bits per heavy atom. The van der Waals surface area contributed by atoms with Crippen molar-refractivity contribution >= 4 is 15.7 Å². The number of benzene rings is 1. The summed E-state index contributed by atoms with van der Waals surface area (Å²) in [6.45, 7) is 1.78. The number of nitrogens with zero attached hydrogens (tertiary/aromatic N) is 1. The number of hydrogen-bond acceptors (Lipinski definition) is 5. The van der Waals surface area contributed by atoms with Gasteiger partial charge in [-0.15, -0.1) is 0 Å². The van der Waals surface area contributed by atoms with Crippen molar-refractivity contribution in [1.29, 1.82) is 0 Å². The van der Waals surface area contributed by atoms with Crippen LogP contribution < -0.4 is 9.47 Å². The first-order valence-electron chi connectivity index (χ1n) is 7.27. The standard InChI is InChI=1S/C15H19NO5S/c1-10-14(21-13-6-4-3-5-12(13)20-10)15(17)16(2)11-7-8-22(18,19)9-11/h3-6,10-11,14H,7-9H2,1-2H3. The third-order valence-electron chi connectivity index (χ3n) is 4.19. The average Bonchev–Trinajstić information content (AvgIpc) is 2.85. The van der Waals surface area contributed by atoms with Gasteiger partial charge in [-0.05, 0) is 25.5 Å². The molecule has 22 heavy (non-hydrogen) atoms. The summed E-state index contributed by atoms with van der Waals surface area (Å²) in [6, 6.07) is 6.91. The number of likely N-dealkylation sites (N-methyl/N-ethyl adjacent to an activating group) is 1. The molecule has 1 saturated heterocycles. The van der Waals surface area contributed by atoms with Crippen molar-refractivity contribution in [1.82, 2.24) is 4.90 Å². The number of carbonyl (C=O) groups is 1. The Morgan fingerprint density at radius 3 is 2.45 bits per heavy atom. The molecule has 3 atom stereocenters. The highest BCUT2D eigenvalue weighted by molar-refractivity contribution is 7.91. The van der Waals surface area contributed by atoms with Crippen molar-refractivity contribution in [3.05, 3.63) is 24.3 Å². The maximum Gasteiger partial charge on any atom is 0.267 e. The summed E-state index contributed by atoms with van der Waals surface area (Å²) in [5, 5.41) is 0. The fraction of sp³-hybridized carbons (Fsp3) is 0.533. The van der Waals surface area contributed by atoms with Crippen molar-refractivity contribution in [2.45, 2.75) is 31.6 Å². The Labute approximate surface area is 129 Å². The van der Waals surface area contributed by atoms with Crippen LogP contribution in [0.25, 0.3) is 0 Å². The van der Waals surface area contributed by atoms with Gasteiger partial charge < -0.3 is 14.4 Å². The van der Waals surface area contributed by atoms with E-state index in [0.29, 0.717) is 17.9 Å². The molecule has 6 nitrogen and oxygen atoms in total. The van der Waals surface area contributed by atoms with E-state index in [0.717, 1.165) is 0 Å². The first kappa shape index (κ1) is 15.1. The highest BCUT2D eigenvalue weighted by Gasteiger charge is 2.40. The van der Waals surface area contributed by atoms with Gasteiger partial charge >= 0.3 is 0 Å². The molecule has 120 valence electrons. The number of fused-ring (bicyclic) bond motifs is 1. The van der Waals surface area contributed by atoms with Gasteiger partial charge in [0, 0.05) is 13.1 Å². The third kappa shape index (κ3) is 2.77. The predicted octanol–water partition coefficient (Wildman–Crippen LogP) is 0.860. The van der Waals surface area contributed by atoms with Crippen LogP contribution in [0.5, 0.6) is 11.5 Å². The molecule has 3 rings (SSSR count). The number of sulfone groups is 1. The largest absolute Gasteiger partial charge is 0.482 e. The van der Waals surface area contributed by atoms with E-state index < -0.39 is 22.0 Å². The maximum absolute atomic E-state index is 12.6. The fourth-order valence-electron chi connectivity index (χ4n) is 2.85. The number of ether oxygens (including phenoxy) is 2. The van der Waals surface area contributed by atoms with Crippen LogP contribution in [-0.4, -0.2) is 56.0 Å². The van der Waals surface area contributed by atoms with E-state index in [1.165, 1.54) is 4.90 Å². The molecule has 1 fully saturated rings. The Bertz CT molecular complexity index is 687. The normalized spacial score (nSPS) is 29.1. The topological polar surface area (TPSA) is 72.9 Å². The second kappa shape index (κ2) is 5.46. The number of amides is 1. The molecule has 0 radical (unpaired) electrons. The SMILES string of the molecule is CC1Oc2ccccc2OC1C(=O)N(C)C1CCS(=O)(=O)C1. The third-order valence-corrected chi connectivity index (χ3v) is 5.94. The van der Waals surface area contributed by atoms with Crippen LogP contribution in [0.1, 0.15) is 13.3 Å². The van der Waals surface area contributed by atoms with E-state index in [9.17, 15) is 13.2 Å². The zero-order valence-electron chi connectivity index (χ0n) is 12.6. The highest BCUT2D eigenvalue weighted by atomic mass is 32.2. The van der Waals surface area contributed by atoms with E-state index in [1.807, 2.05) is 12.1 Å². The fourth-order valence-corrected chi connectivity index (χ4v) is 4.63. The molecule has 0 aromatic heterocycles. The van der Waals surface area contributed by atoms with Gasteiger partial charge in [-0.2, -0.15) is 0 Å². The molecule has 2 aliphatic rings. The molecule has 0 bridgehead atoms. The summed E-state index contributed by atoms with van der Waals surface area (Å²) in [4.78, 5) is 14.1. The van der Waals surface area contributed by atoms with Gasteiger partial charge in [0.25, 0.3) is 5.91 Å². The zero-order valence-corrected chi connectivity index (χ0v) is 13.4. The average molecular weight is 325 g/mol. The van der Waals surface area contributed by atoms with Crippen molar-refractivity contribution < 1.29 is 22.7 Å². The number of hydrogen-bond donors (Lipinski definition) is 0. The van der Waals surface area contributed by atoms with Gasteiger partial charge in [0.15, 0.2) is 21.3 Å². The summed E-state index contributed by atoms with van der Waals surface area (Å²) < 4.78 is 34.7. The Balaban J connectivity index is 1.75. The minimum atomic E-state index is -3.03. The maximum atomic E-state index is 12.6. The van der Waals surface area contributed by atoms with Crippen molar-refractivity contribution in [2.75, 3.05) is 18.6 Å². The van der Waals surface area contributed by atoms with Gasteiger partial charge in [-0.25, -0.2) is 8.42 Å². The van der Waals surface area contributed by atoms with Crippen molar-refractivity contribution in [2.24, 2.45) is 0 Å². The molecule has 2 aliphatic heterocycles. The summed E-state index contributed by atoms with van der Waals surface area (Å²) in [5.74, 6) is 1.06. The lowest BCUT2D eigenvalue weighted by molar-refractivity contribution is -0.144. The molecule has 2 heterocycles. The minimum Gasteiger partial charge on any atom is -0.482 e. The van der Waals surface area contributed by atoms with Crippen LogP contribution in [0.3, 0.4) is 0 Å². The summed E-state index contributed by atoms with van der Waals surface area (Å²) in [6.07, 6.45) is -0.714. The quantitative estimate of drug-likeness (QED) is 0.806. The van der Waals surface area contributed by atoms with E-state index in [2.05, 4.69) is 0 Å². The molecular formula is C15H19NO5S. The Hall–Kier alpha value is -1.76. The molecular weight excluding hydrogens is 306 g/mol. The molecule has 7 heteroatoms. The highest BCUT2D eigenvalue weighted by Crippen LogP contribution is 2.34. The van der Waals surface area contributed by atoms with Gasteiger partial charge in [0.1, 0.15) is 6.10 Å². The van der Waals surface area contributed by atoms with Crippen LogP contribution in [0, 0.1) is 0 Å². The molecule has 1 aromatic rings. The molecule has 1 aromatic carbocycles. The molecule has 0 aliphatic carbocycles. The predicted molar refractivity (Wildman–Crippen MR) is 80.8 cm³/mol. The van der Waals surface area contributed by atoms with Crippen LogP contribution in [-0.2, 0) is 14.6 Å². The van der Waals surface area contributed by atoms with E-state index in [1.54, 1.807) is 26.1 Å². The smallest absolute Gasteiger partial charge is 0.267 e. The molecule has 0 saturated carbocycles. The van der Waals surface area contributed by atoms with Gasteiger partial charge in [-0.3, -0.25) is 4.79 Å². The molecule has 0 N–H and O–H groups in total. The van der Waals surface area contributed by atoms with Crippen LogP contribution in [0.4, 0.5) is 0 Å². The second-order valence-electron chi connectivity index (χ2n) is 5.81. The molecule has 0 spiro atoms. The lowest BCUT2D eigenvalue weighted by atomic mass is 10.1. The summed E-state index contributed by atoms with van der Waals surface area (Å²) in [7, 11) is -1.40. The lowest BCUT2D eigenvalue weighted by Crippen LogP contribution is -2.52. The van der Waals surface area contributed by atoms with Crippen LogP contribution >= 0.6 is 0 Å². The molecule has 1 amide bonds. The second-order valence-corrected chi connectivity index (χ2v) is 8.04. The Morgan fingerprint density at radius 2 is 1.86 bits per heavy atom. The van der Waals surface area contributed by atoms with Crippen LogP contribution in [0.15, 0.2) is 24.3 Å². The first-order valence-corrected chi connectivity index (χ1v) is 9.09. The van der Waals surface area contributed by atoms with E-state index in [-0.39, 0.29) is 23.5 Å². The minimum absolute atomic E-state index is 0.0216. The Kier molecular flexibility index (Phi) is 3.76.